The quantitative estimate of drug-likeness (QED) is 0.550. The van der Waals surface area contributed by atoms with Crippen LogP contribution in [0.15, 0.2) is 35.3 Å². The Labute approximate surface area is 91.4 Å². The van der Waals surface area contributed by atoms with E-state index in [1.165, 1.54) is 4.90 Å². The first-order valence-corrected chi connectivity index (χ1v) is 4.68. The van der Waals surface area contributed by atoms with Gasteiger partial charge in [0.2, 0.25) is 0 Å². The van der Waals surface area contributed by atoms with Crippen LogP contribution in [0.2, 0.25) is 0 Å². The first-order chi connectivity index (χ1) is 7.61. The zero-order valence-corrected chi connectivity index (χ0v) is 8.53. The summed E-state index contributed by atoms with van der Waals surface area (Å²) >= 11 is 0. The monoisotopic (exact) mass is 219 g/mol. The van der Waals surface area contributed by atoms with Crippen LogP contribution in [-0.2, 0) is 4.79 Å². The van der Waals surface area contributed by atoms with Gasteiger partial charge in [-0.15, -0.1) is 0 Å². The van der Waals surface area contributed by atoms with Crippen molar-refractivity contribution in [3.63, 3.8) is 0 Å². The zero-order chi connectivity index (χ0) is 11.7. The maximum absolute atomic E-state index is 11.3. The van der Waals surface area contributed by atoms with Gasteiger partial charge in [0.25, 0.3) is 0 Å². The molecule has 0 spiro atoms. The lowest BCUT2D eigenvalue weighted by atomic mass is 10.2. The lowest BCUT2D eigenvalue weighted by Gasteiger charge is -2.19. The minimum Gasteiger partial charge on any atom is -0.262 e. The SMILES string of the molecule is CC1=NC(=O)[C@@H]([N+](=O)[O-])N1c1ccccc1. The molecule has 1 aliphatic heterocycles. The normalized spacial score (nSPS) is 19.8. The summed E-state index contributed by atoms with van der Waals surface area (Å²) in [4.78, 5) is 26.5. The van der Waals surface area contributed by atoms with Gasteiger partial charge in [0.05, 0.1) is 4.92 Å². The van der Waals surface area contributed by atoms with Gasteiger partial charge in [0.15, 0.2) is 0 Å². The molecule has 0 aromatic heterocycles. The van der Waals surface area contributed by atoms with Crippen LogP contribution in [0.3, 0.4) is 0 Å². The number of anilines is 1. The summed E-state index contributed by atoms with van der Waals surface area (Å²) < 4.78 is 0. The van der Waals surface area contributed by atoms with Crippen molar-refractivity contribution in [2.75, 3.05) is 4.90 Å². The van der Waals surface area contributed by atoms with Crippen LogP contribution in [0.25, 0.3) is 0 Å². The highest BCUT2D eigenvalue weighted by Gasteiger charge is 2.43. The molecule has 16 heavy (non-hydrogen) atoms. The van der Waals surface area contributed by atoms with Crippen molar-refractivity contribution >= 4 is 17.4 Å². The number of amides is 1. The molecule has 0 radical (unpaired) electrons. The molecule has 1 aromatic rings. The van der Waals surface area contributed by atoms with Gasteiger partial charge < -0.3 is 0 Å². The predicted octanol–water partition coefficient (Wildman–Crippen LogP) is 1.05. The standard InChI is InChI=1S/C10H9N3O3/c1-7-11-9(14)10(13(15)16)12(7)8-5-3-2-4-6-8/h2-6,10H,1H3/t10-/m1/s1. The number of aliphatic imine (C=N–C) groups is 1. The Kier molecular flexibility index (Phi) is 2.40. The largest absolute Gasteiger partial charge is 0.372 e. The molecule has 2 rings (SSSR count). The molecule has 82 valence electrons. The first-order valence-electron chi connectivity index (χ1n) is 4.68. The molecule has 1 heterocycles. The second-order valence-corrected chi connectivity index (χ2v) is 3.36. The molecule has 1 amide bonds. The number of para-hydroxylation sites is 1. The summed E-state index contributed by atoms with van der Waals surface area (Å²) in [5, 5.41) is 10.8. The smallest absolute Gasteiger partial charge is 0.262 e. The topological polar surface area (TPSA) is 75.8 Å². The van der Waals surface area contributed by atoms with Crippen molar-refractivity contribution < 1.29 is 9.72 Å². The molecule has 0 saturated carbocycles. The molecule has 0 unspecified atom stereocenters. The van der Waals surface area contributed by atoms with Gasteiger partial charge in [-0.3, -0.25) is 19.8 Å². The van der Waals surface area contributed by atoms with Crippen molar-refractivity contribution in [3.05, 3.63) is 40.4 Å². The van der Waals surface area contributed by atoms with Crippen LogP contribution in [0, 0.1) is 10.1 Å². The van der Waals surface area contributed by atoms with E-state index < -0.39 is 17.0 Å². The second-order valence-electron chi connectivity index (χ2n) is 3.36. The van der Waals surface area contributed by atoms with Gasteiger partial charge in [0, 0.05) is 5.69 Å². The number of amidine groups is 1. The maximum atomic E-state index is 11.3. The fraction of sp³-hybridized carbons (Fsp3) is 0.200. The van der Waals surface area contributed by atoms with Crippen LogP contribution in [0.4, 0.5) is 5.69 Å². The number of carbonyl (C=O) groups is 1. The van der Waals surface area contributed by atoms with E-state index >= 15 is 0 Å². The highest BCUT2D eigenvalue weighted by atomic mass is 16.6. The number of nitro groups is 1. The lowest BCUT2D eigenvalue weighted by Crippen LogP contribution is -2.43. The number of benzene rings is 1. The Hall–Kier alpha value is -2.24. The van der Waals surface area contributed by atoms with E-state index in [0.29, 0.717) is 11.5 Å². The van der Waals surface area contributed by atoms with Crippen molar-refractivity contribution in [1.82, 2.24) is 0 Å². The van der Waals surface area contributed by atoms with Gasteiger partial charge in [-0.2, -0.15) is 4.99 Å². The highest BCUT2D eigenvalue weighted by molar-refractivity contribution is 6.12. The van der Waals surface area contributed by atoms with Crippen LogP contribution < -0.4 is 4.90 Å². The van der Waals surface area contributed by atoms with Crippen molar-refractivity contribution in [2.45, 2.75) is 13.1 Å². The van der Waals surface area contributed by atoms with Gasteiger partial charge in [-0.25, -0.2) is 0 Å². The molecular weight excluding hydrogens is 210 g/mol. The van der Waals surface area contributed by atoms with Gasteiger partial charge in [0.1, 0.15) is 5.84 Å². The van der Waals surface area contributed by atoms with E-state index in [-0.39, 0.29) is 0 Å². The molecule has 1 aromatic carbocycles. The number of nitrogens with zero attached hydrogens (tertiary/aromatic N) is 3. The lowest BCUT2D eigenvalue weighted by molar-refractivity contribution is -0.503. The maximum Gasteiger partial charge on any atom is 0.372 e. The number of carbonyl (C=O) groups excluding carboxylic acids is 1. The van der Waals surface area contributed by atoms with Crippen molar-refractivity contribution in [3.8, 4) is 0 Å². The molecule has 1 aliphatic rings. The average Bonchev–Trinajstić information content (AvgIpc) is 2.55. The number of hydrogen-bond acceptors (Lipinski definition) is 4. The second kappa shape index (κ2) is 3.73. The zero-order valence-electron chi connectivity index (χ0n) is 8.53. The molecule has 6 nitrogen and oxygen atoms in total. The third-order valence-corrected chi connectivity index (χ3v) is 2.32. The summed E-state index contributed by atoms with van der Waals surface area (Å²) in [7, 11) is 0. The first kappa shape index (κ1) is 10.3. The molecule has 6 heteroatoms. The third-order valence-electron chi connectivity index (χ3n) is 2.32. The van der Waals surface area contributed by atoms with E-state index in [9.17, 15) is 14.9 Å². The van der Waals surface area contributed by atoms with Gasteiger partial charge in [-0.05, 0) is 19.1 Å². The summed E-state index contributed by atoms with van der Waals surface area (Å²) in [5.41, 5.74) is 0.594. The van der Waals surface area contributed by atoms with Gasteiger partial charge >= 0.3 is 12.1 Å². The molecule has 1 atom stereocenters. The summed E-state index contributed by atoms with van der Waals surface area (Å²) in [6.07, 6.45) is -1.43. The Morgan fingerprint density at radius 2 is 2.00 bits per heavy atom. The summed E-state index contributed by atoms with van der Waals surface area (Å²) in [6.45, 7) is 1.58. The summed E-state index contributed by atoms with van der Waals surface area (Å²) in [5.74, 6) is -0.385. The van der Waals surface area contributed by atoms with Gasteiger partial charge in [-0.1, -0.05) is 18.2 Å². The summed E-state index contributed by atoms with van der Waals surface area (Å²) in [6, 6.07) is 8.71. The van der Waals surface area contributed by atoms with Crippen LogP contribution in [-0.4, -0.2) is 22.8 Å². The van der Waals surface area contributed by atoms with E-state index in [0.717, 1.165) is 0 Å². The highest BCUT2D eigenvalue weighted by Crippen LogP contribution is 2.22. The van der Waals surface area contributed by atoms with E-state index in [1.54, 1.807) is 37.3 Å². The fourth-order valence-electron chi connectivity index (χ4n) is 1.66. The van der Waals surface area contributed by atoms with E-state index in [4.69, 9.17) is 0 Å². The number of rotatable bonds is 2. The van der Waals surface area contributed by atoms with Crippen LogP contribution in [0.1, 0.15) is 6.92 Å². The minimum atomic E-state index is -1.43. The number of hydrogen-bond donors (Lipinski definition) is 0. The average molecular weight is 219 g/mol. The fourth-order valence-corrected chi connectivity index (χ4v) is 1.66. The molecular formula is C10H9N3O3. The van der Waals surface area contributed by atoms with E-state index in [1.807, 2.05) is 0 Å². The van der Waals surface area contributed by atoms with Crippen molar-refractivity contribution in [1.29, 1.82) is 0 Å². The predicted molar refractivity (Wildman–Crippen MR) is 57.8 cm³/mol. The van der Waals surface area contributed by atoms with Crippen LogP contribution >= 0.6 is 0 Å². The molecule has 0 fully saturated rings. The Bertz CT molecular complexity index is 469. The Balaban J connectivity index is 2.43. The molecule has 0 saturated heterocycles. The molecule has 0 N–H and O–H groups in total. The Morgan fingerprint density at radius 3 is 2.56 bits per heavy atom. The van der Waals surface area contributed by atoms with Crippen molar-refractivity contribution in [2.24, 2.45) is 4.99 Å². The molecule has 0 bridgehead atoms. The van der Waals surface area contributed by atoms with E-state index in [2.05, 4.69) is 4.99 Å². The van der Waals surface area contributed by atoms with Crippen LogP contribution in [0.5, 0.6) is 0 Å². The minimum absolute atomic E-state index is 0.345. The third kappa shape index (κ3) is 1.54. The Morgan fingerprint density at radius 1 is 1.38 bits per heavy atom. The molecule has 0 aliphatic carbocycles.